The number of halogens is 1. The number of nitrogens with one attached hydrogen (secondary N) is 1. The van der Waals surface area contributed by atoms with E-state index in [0.717, 1.165) is 29.9 Å². The van der Waals surface area contributed by atoms with E-state index in [1.807, 2.05) is 19.2 Å². The number of fused-ring (bicyclic) bond motifs is 1. The lowest BCUT2D eigenvalue weighted by atomic mass is 10.0. The Hall–Kier alpha value is -0.650. The zero-order valence-corrected chi connectivity index (χ0v) is 13.1. The van der Waals surface area contributed by atoms with Crippen molar-refractivity contribution in [3.63, 3.8) is 0 Å². The highest BCUT2D eigenvalue weighted by Crippen LogP contribution is 2.35. The van der Waals surface area contributed by atoms with E-state index in [4.69, 9.17) is 11.6 Å². The summed E-state index contributed by atoms with van der Waals surface area (Å²) in [7, 11) is 2.04. The van der Waals surface area contributed by atoms with E-state index in [9.17, 15) is 5.11 Å². The van der Waals surface area contributed by atoms with Gasteiger partial charge in [-0.05, 0) is 26.1 Å². The van der Waals surface area contributed by atoms with Crippen LogP contribution in [0.4, 0.5) is 0 Å². The summed E-state index contributed by atoms with van der Waals surface area (Å²) in [6.45, 7) is 3.02. The Morgan fingerprint density at radius 1 is 1.45 bits per heavy atom. The average molecular weight is 311 g/mol. The molecule has 2 aromatic rings. The van der Waals surface area contributed by atoms with Crippen molar-refractivity contribution < 1.29 is 5.11 Å². The van der Waals surface area contributed by atoms with Crippen LogP contribution < -0.4 is 5.32 Å². The van der Waals surface area contributed by atoms with Crippen LogP contribution in [0, 0.1) is 0 Å². The first kappa shape index (κ1) is 14.3. The number of hydrogen-bond acceptors (Lipinski definition) is 4. The van der Waals surface area contributed by atoms with Crippen molar-refractivity contribution in [1.82, 2.24) is 10.2 Å². The second kappa shape index (κ2) is 5.62. The smallest absolute Gasteiger partial charge is 0.0909 e. The Morgan fingerprint density at radius 3 is 2.95 bits per heavy atom. The van der Waals surface area contributed by atoms with Gasteiger partial charge in [0.2, 0.25) is 0 Å². The van der Waals surface area contributed by atoms with Gasteiger partial charge in [-0.15, -0.1) is 11.3 Å². The first-order valence-electron chi connectivity index (χ1n) is 6.85. The molecule has 1 aliphatic rings. The van der Waals surface area contributed by atoms with E-state index in [1.54, 1.807) is 11.3 Å². The third-order valence-corrected chi connectivity index (χ3v) is 5.50. The molecule has 0 bridgehead atoms. The Labute approximate surface area is 128 Å². The highest BCUT2D eigenvalue weighted by Gasteiger charge is 2.32. The van der Waals surface area contributed by atoms with Gasteiger partial charge in [-0.2, -0.15) is 0 Å². The van der Waals surface area contributed by atoms with Gasteiger partial charge in [0.25, 0.3) is 0 Å². The summed E-state index contributed by atoms with van der Waals surface area (Å²) in [6, 6.07) is 8.22. The molecular formula is C15H19ClN2OS. The number of likely N-dealkylation sites (N-methyl/N-ethyl adjacent to an activating group) is 1. The second-order valence-electron chi connectivity index (χ2n) is 5.66. The molecule has 0 aliphatic carbocycles. The summed E-state index contributed by atoms with van der Waals surface area (Å²) in [5, 5.41) is 15.6. The van der Waals surface area contributed by atoms with Gasteiger partial charge in [0, 0.05) is 34.6 Å². The normalized spacial score (nSPS) is 23.0. The van der Waals surface area contributed by atoms with E-state index in [2.05, 4.69) is 22.3 Å². The molecule has 5 heteroatoms. The molecule has 2 N–H and O–H groups in total. The fraction of sp³-hybridized carbons (Fsp3) is 0.467. The number of rotatable bonds is 4. The van der Waals surface area contributed by atoms with Crippen LogP contribution in [0.2, 0.25) is 5.02 Å². The van der Waals surface area contributed by atoms with Crippen LogP contribution in [0.5, 0.6) is 0 Å². The van der Waals surface area contributed by atoms with Gasteiger partial charge in [-0.25, -0.2) is 0 Å². The van der Waals surface area contributed by atoms with Crippen molar-refractivity contribution in [2.24, 2.45) is 0 Å². The standard InChI is InChI=1S/C15H19ClN2OS/c1-18(10-15(19)6-7-17-9-15)8-13-14(16)11-4-2-3-5-12(11)20-13/h2-5,17,19H,6-10H2,1H3/t15-/m0/s1. The Bertz CT molecular complexity index is 607. The molecule has 0 unspecified atom stereocenters. The molecule has 1 aromatic carbocycles. The molecule has 1 aliphatic heterocycles. The molecule has 1 fully saturated rings. The van der Waals surface area contributed by atoms with Gasteiger partial charge in [0.1, 0.15) is 0 Å². The lowest BCUT2D eigenvalue weighted by Crippen LogP contribution is -2.42. The van der Waals surface area contributed by atoms with Crippen molar-refractivity contribution in [2.45, 2.75) is 18.6 Å². The minimum Gasteiger partial charge on any atom is -0.387 e. The predicted octanol–water partition coefficient (Wildman–Crippen LogP) is 2.71. The summed E-state index contributed by atoms with van der Waals surface area (Å²) in [5.41, 5.74) is -0.599. The predicted molar refractivity (Wildman–Crippen MR) is 85.6 cm³/mol. The molecule has 0 amide bonds. The van der Waals surface area contributed by atoms with E-state index in [0.29, 0.717) is 13.1 Å². The molecule has 3 rings (SSSR count). The average Bonchev–Trinajstić information content (AvgIpc) is 2.96. The van der Waals surface area contributed by atoms with Crippen molar-refractivity contribution in [3.8, 4) is 0 Å². The number of aliphatic hydroxyl groups is 1. The maximum absolute atomic E-state index is 10.4. The second-order valence-corrected chi connectivity index (χ2v) is 7.17. The number of hydrogen-bond donors (Lipinski definition) is 2. The minimum absolute atomic E-state index is 0.599. The van der Waals surface area contributed by atoms with Gasteiger partial charge < -0.3 is 10.4 Å². The molecule has 20 heavy (non-hydrogen) atoms. The lowest BCUT2D eigenvalue weighted by Gasteiger charge is -2.27. The molecule has 1 aromatic heterocycles. The zero-order chi connectivity index (χ0) is 14.2. The maximum Gasteiger partial charge on any atom is 0.0909 e. The van der Waals surface area contributed by atoms with Crippen LogP contribution in [-0.4, -0.2) is 42.3 Å². The molecule has 1 atom stereocenters. The summed E-state index contributed by atoms with van der Waals surface area (Å²) in [6.07, 6.45) is 0.817. The molecule has 1 saturated heterocycles. The molecule has 3 nitrogen and oxygen atoms in total. The Balaban J connectivity index is 1.74. The van der Waals surface area contributed by atoms with Gasteiger partial charge in [0.05, 0.1) is 10.6 Å². The first-order chi connectivity index (χ1) is 9.57. The maximum atomic E-state index is 10.4. The molecule has 0 saturated carbocycles. The molecule has 108 valence electrons. The van der Waals surface area contributed by atoms with Crippen molar-refractivity contribution in [1.29, 1.82) is 0 Å². The Kier molecular flexibility index (Phi) is 4.02. The molecule has 0 radical (unpaired) electrons. The van der Waals surface area contributed by atoms with Gasteiger partial charge in [-0.1, -0.05) is 29.8 Å². The van der Waals surface area contributed by atoms with Crippen molar-refractivity contribution in [3.05, 3.63) is 34.2 Å². The number of nitrogens with zero attached hydrogens (tertiary/aromatic N) is 1. The molecule has 0 spiro atoms. The van der Waals surface area contributed by atoms with Gasteiger partial charge >= 0.3 is 0 Å². The first-order valence-corrected chi connectivity index (χ1v) is 8.04. The van der Waals surface area contributed by atoms with Crippen LogP contribution in [0.1, 0.15) is 11.3 Å². The van der Waals surface area contributed by atoms with E-state index in [-0.39, 0.29) is 0 Å². The number of thiophene rings is 1. The fourth-order valence-corrected chi connectivity index (χ4v) is 4.41. The lowest BCUT2D eigenvalue weighted by molar-refractivity contribution is 0.0266. The van der Waals surface area contributed by atoms with E-state index in [1.165, 1.54) is 9.58 Å². The fourth-order valence-electron chi connectivity index (χ4n) is 2.84. The number of β-amino-alcohol motifs (C(OH)–C–C–N with tert-alkyl or cyclic N) is 1. The van der Waals surface area contributed by atoms with E-state index >= 15 is 0 Å². The van der Waals surface area contributed by atoms with Crippen LogP contribution in [0.15, 0.2) is 24.3 Å². The van der Waals surface area contributed by atoms with E-state index < -0.39 is 5.60 Å². The van der Waals surface area contributed by atoms with Crippen LogP contribution >= 0.6 is 22.9 Å². The highest BCUT2D eigenvalue weighted by molar-refractivity contribution is 7.19. The van der Waals surface area contributed by atoms with Gasteiger partial charge in [0.15, 0.2) is 0 Å². The highest BCUT2D eigenvalue weighted by atomic mass is 35.5. The molecule has 2 heterocycles. The third-order valence-electron chi connectivity index (χ3n) is 3.80. The van der Waals surface area contributed by atoms with Crippen molar-refractivity contribution >= 4 is 33.0 Å². The molecular weight excluding hydrogens is 292 g/mol. The topological polar surface area (TPSA) is 35.5 Å². The summed E-state index contributed by atoms with van der Waals surface area (Å²) in [4.78, 5) is 3.33. The summed E-state index contributed by atoms with van der Waals surface area (Å²) >= 11 is 8.20. The largest absolute Gasteiger partial charge is 0.387 e. The van der Waals surface area contributed by atoms with Crippen molar-refractivity contribution in [2.75, 3.05) is 26.7 Å². The zero-order valence-electron chi connectivity index (χ0n) is 11.5. The SMILES string of the molecule is CN(Cc1sc2ccccc2c1Cl)C[C@]1(O)CCNC1. The summed E-state index contributed by atoms with van der Waals surface area (Å²) < 4.78 is 1.22. The monoisotopic (exact) mass is 310 g/mol. The number of benzene rings is 1. The van der Waals surface area contributed by atoms with Crippen LogP contribution in [0.3, 0.4) is 0 Å². The minimum atomic E-state index is -0.599. The third kappa shape index (κ3) is 2.85. The van der Waals surface area contributed by atoms with Crippen LogP contribution in [0.25, 0.3) is 10.1 Å². The Morgan fingerprint density at radius 2 is 2.25 bits per heavy atom. The summed E-state index contributed by atoms with van der Waals surface area (Å²) in [5.74, 6) is 0. The van der Waals surface area contributed by atoms with Crippen LogP contribution in [-0.2, 0) is 6.54 Å². The quantitative estimate of drug-likeness (QED) is 0.911. The van der Waals surface area contributed by atoms with Gasteiger partial charge in [-0.3, -0.25) is 4.90 Å².